The van der Waals surface area contributed by atoms with Crippen LogP contribution >= 0.6 is 0 Å². The standard InChI is InChI=1S/C63H92N4O7/c1-48(2)12-11-13-49(3)58-26-27-59-57-25-18-52-46-56(28-30-62(52,4)60(57)29-31-63(58,59)5)74-61(68)51-16-19-53(20-17-51)64-65-54-21-23-55(24-22-54)73-37-10-9-32-66-33-38-69-42-44-71-40-35-67(47-50-14-7-6-8-15-50)36-41-72-45-43-70-39-34-66/h6-8,14-24,48-49,56-60H,9-13,25-47H2,1-5H3/t49-,56+,57+,58-,59+,60+,62+,63-/m1/s1. The second kappa shape index (κ2) is 28.4. The molecular weight excluding hydrogens is 925 g/mol. The topological polar surface area (TPSA) is 104 Å². The highest BCUT2D eigenvalue weighted by atomic mass is 16.5. The first-order valence-corrected chi connectivity index (χ1v) is 29.0. The number of esters is 1. The summed E-state index contributed by atoms with van der Waals surface area (Å²) in [5.74, 6) is 5.48. The fourth-order valence-corrected chi connectivity index (χ4v) is 13.9. The van der Waals surface area contributed by atoms with Crippen molar-refractivity contribution in [3.63, 3.8) is 0 Å². The Morgan fingerprint density at radius 3 is 1.96 bits per heavy atom. The van der Waals surface area contributed by atoms with E-state index < -0.39 is 0 Å². The number of hydrogen-bond acceptors (Lipinski definition) is 11. The zero-order chi connectivity index (χ0) is 51.6. The van der Waals surface area contributed by atoms with E-state index >= 15 is 0 Å². The maximum Gasteiger partial charge on any atom is 0.338 e. The third kappa shape index (κ3) is 15.8. The molecule has 8 rings (SSSR count). The zero-order valence-electron chi connectivity index (χ0n) is 46.1. The molecule has 0 radical (unpaired) electrons. The average Bonchev–Trinajstić information content (AvgIpc) is 3.77. The molecular formula is C63H92N4O7. The van der Waals surface area contributed by atoms with Crippen LogP contribution in [0.4, 0.5) is 11.4 Å². The summed E-state index contributed by atoms with van der Waals surface area (Å²) in [6.45, 7) is 23.4. The lowest BCUT2D eigenvalue weighted by atomic mass is 9.47. The van der Waals surface area contributed by atoms with Gasteiger partial charge in [-0.3, -0.25) is 9.80 Å². The fraction of sp³-hybridized carbons (Fsp3) is 0.667. The fourth-order valence-electron chi connectivity index (χ4n) is 13.9. The molecule has 4 fully saturated rings. The number of unbranched alkanes of at least 4 members (excludes halogenated alkanes) is 1. The Morgan fingerprint density at radius 2 is 1.31 bits per heavy atom. The van der Waals surface area contributed by atoms with E-state index in [0.717, 1.165) is 118 Å². The molecule has 0 spiro atoms. The van der Waals surface area contributed by atoms with Gasteiger partial charge in [0.25, 0.3) is 0 Å². The minimum atomic E-state index is -0.251. The summed E-state index contributed by atoms with van der Waals surface area (Å²) in [5.41, 5.74) is 5.54. The Morgan fingerprint density at radius 1 is 0.676 bits per heavy atom. The highest BCUT2D eigenvalue weighted by Crippen LogP contribution is 2.67. The summed E-state index contributed by atoms with van der Waals surface area (Å²) < 4.78 is 36.1. The van der Waals surface area contributed by atoms with Gasteiger partial charge in [-0.25, -0.2) is 4.79 Å². The molecule has 406 valence electrons. The van der Waals surface area contributed by atoms with Gasteiger partial charge in [0, 0.05) is 39.1 Å². The van der Waals surface area contributed by atoms with Crippen molar-refractivity contribution >= 4 is 17.3 Å². The second-order valence-corrected chi connectivity index (χ2v) is 23.4. The zero-order valence-corrected chi connectivity index (χ0v) is 46.1. The molecule has 0 bridgehead atoms. The number of ether oxygens (including phenoxy) is 6. The van der Waals surface area contributed by atoms with Gasteiger partial charge in [-0.1, -0.05) is 95.9 Å². The molecule has 5 aliphatic rings. The van der Waals surface area contributed by atoms with Crippen LogP contribution in [-0.2, 0) is 30.2 Å². The molecule has 74 heavy (non-hydrogen) atoms. The maximum absolute atomic E-state index is 13.5. The van der Waals surface area contributed by atoms with Crippen molar-refractivity contribution in [2.24, 2.45) is 56.6 Å². The van der Waals surface area contributed by atoms with E-state index in [1.54, 1.807) is 5.57 Å². The van der Waals surface area contributed by atoms with Gasteiger partial charge >= 0.3 is 5.97 Å². The van der Waals surface area contributed by atoms with Crippen LogP contribution in [0.25, 0.3) is 0 Å². The normalized spacial score (nSPS) is 28.6. The summed E-state index contributed by atoms with van der Waals surface area (Å²) in [6.07, 6.45) is 18.3. The number of carbonyl (C=O) groups excluding carboxylic acids is 1. The summed E-state index contributed by atoms with van der Waals surface area (Å²) in [5, 5.41) is 8.91. The van der Waals surface area contributed by atoms with E-state index in [2.05, 4.69) is 91.1 Å². The Balaban J connectivity index is 0.714. The molecule has 11 nitrogen and oxygen atoms in total. The van der Waals surface area contributed by atoms with Crippen LogP contribution in [0.5, 0.6) is 5.75 Å². The van der Waals surface area contributed by atoms with Crippen LogP contribution in [0.2, 0.25) is 0 Å². The second-order valence-electron chi connectivity index (χ2n) is 23.4. The third-order valence-electron chi connectivity index (χ3n) is 18.1. The smallest absolute Gasteiger partial charge is 0.338 e. The quantitative estimate of drug-likeness (QED) is 0.0566. The number of fused-ring (bicyclic) bond motifs is 5. The molecule has 3 saturated carbocycles. The van der Waals surface area contributed by atoms with Gasteiger partial charge in [-0.15, -0.1) is 0 Å². The summed E-state index contributed by atoms with van der Waals surface area (Å²) in [7, 11) is 0. The maximum atomic E-state index is 13.5. The van der Waals surface area contributed by atoms with Crippen molar-refractivity contribution in [3.05, 3.63) is 102 Å². The molecule has 0 amide bonds. The monoisotopic (exact) mass is 1020 g/mol. The van der Waals surface area contributed by atoms with E-state index in [1.165, 1.54) is 56.9 Å². The van der Waals surface area contributed by atoms with Gasteiger partial charge in [-0.2, -0.15) is 10.2 Å². The number of benzene rings is 3. The van der Waals surface area contributed by atoms with Crippen molar-refractivity contribution in [3.8, 4) is 5.75 Å². The molecule has 0 unspecified atom stereocenters. The Kier molecular flexibility index (Phi) is 21.6. The van der Waals surface area contributed by atoms with Gasteiger partial charge in [0.05, 0.1) is 76.4 Å². The lowest BCUT2D eigenvalue weighted by Gasteiger charge is -2.58. The molecule has 1 saturated heterocycles. The summed E-state index contributed by atoms with van der Waals surface area (Å²) >= 11 is 0. The van der Waals surface area contributed by atoms with E-state index in [9.17, 15) is 4.79 Å². The number of nitrogens with zero attached hydrogens (tertiary/aromatic N) is 4. The summed E-state index contributed by atoms with van der Waals surface area (Å²) in [6, 6.07) is 25.5. The van der Waals surface area contributed by atoms with Gasteiger partial charge in [-0.05, 0) is 165 Å². The molecule has 8 atom stereocenters. The van der Waals surface area contributed by atoms with Crippen molar-refractivity contribution in [1.29, 1.82) is 0 Å². The minimum Gasteiger partial charge on any atom is -0.494 e. The van der Waals surface area contributed by atoms with Crippen LogP contribution in [0, 0.1) is 46.3 Å². The van der Waals surface area contributed by atoms with Crippen molar-refractivity contribution in [2.75, 3.05) is 92.2 Å². The van der Waals surface area contributed by atoms with Gasteiger partial charge in [0.2, 0.25) is 0 Å². The SMILES string of the molecule is CC(C)CCC[C@@H](C)[C@H]1CC[C@H]2[C@@H]3CC=C4C[C@@H](OC(=O)c5ccc(N=Nc6ccc(OCCCCN7CCOCCOCCN(Cc8ccccc8)CCOCCOCC7)cc6)cc5)CC[C@]4(C)[C@H]3CC[C@]12C. The Labute approximate surface area is 445 Å². The largest absolute Gasteiger partial charge is 0.494 e. The molecule has 3 aromatic carbocycles. The Hall–Kier alpha value is -3.97. The number of carbonyl (C=O) groups is 1. The van der Waals surface area contributed by atoms with E-state index in [0.29, 0.717) is 76.1 Å². The van der Waals surface area contributed by atoms with Gasteiger partial charge < -0.3 is 28.4 Å². The third-order valence-corrected chi connectivity index (χ3v) is 18.1. The number of azo groups is 1. The first-order valence-electron chi connectivity index (χ1n) is 29.0. The van der Waals surface area contributed by atoms with Crippen LogP contribution in [-0.4, -0.2) is 114 Å². The molecule has 4 aliphatic carbocycles. The van der Waals surface area contributed by atoms with Crippen molar-refractivity contribution in [1.82, 2.24) is 9.80 Å². The number of allylic oxidation sites excluding steroid dienone is 1. The van der Waals surface area contributed by atoms with Crippen molar-refractivity contribution in [2.45, 2.75) is 131 Å². The van der Waals surface area contributed by atoms with Crippen LogP contribution in [0.15, 0.2) is 101 Å². The van der Waals surface area contributed by atoms with Crippen LogP contribution in [0.1, 0.15) is 134 Å². The summed E-state index contributed by atoms with van der Waals surface area (Å²) in [4.78, 5) is 18.2. The predicted octanol–water partition coefficient (Wildman–Crippen LogP) is 13.7. The average molecular weight is 1020 g/mol. The molecule has 0 aromatic heterocycles. The lowest BCUT2D eigenvalue weighted by Crippen LogP contribution is -2.51. The highest BCUT2D eigenvalue weighted by molar-refractivity contribution is 5.89. The first-order chi connectivity index (χ1) is 36.1. The lowest BCUT2D eigenvalue weighted by molar-refractivity contribution is -0.0594. The highest BCUT2D eigenvalue weighted by Gasteiger charge is 2.59. The van der Waals surface area contributed by atoms with Crippen LogP contribution in [0.3, 0.4) is 0 Å². The van der Waals surface area contributed by atoms with Crippen LogP contribution < -0.4 is 4.74 Å². The minimum absolute atomic E-state index is 0.0727. The molecule has 1 heterocycles. The molecule has 1 aliphatic heterocycles. The number of hydrogen-bond donors (Lipinski definition) is 0. The van der Waals surface area contributed by atoms with Crippen molar-refractivity contribution < 1.29 is 33.2 Å². The molecule has 11 heteroatoms. The first kappa shape index (κ1) is 56.2. The van der Waals surface area contributed by atoms with E-state index in [4.69, 9.17) is 28.4 Å². The Bertz CT molecular complexity index is 2170. The predicted molar refractivity (Wildman–Crippen MR) is 295 cm³/mol. The molecule has 0 N–H and O–H groups in total. The van der Waals surface area contributed by atoms with E-state index in [1.807, 2.05) is 48.5 Å². The molecule has 3 aromatic rings. The van der Waals surface area contributed by atoms with E-state index in [-0.39, 0.29) is 17.5 Å². The van der Waals surface area contributed by atoms with Gasteiger partial charge in [0.15, 0.2) is 0 Å². The van der Waals surface area contributed by atoms with Gasteiger partial charge in [0.1, 0.15) is 11.9 Å². The number of rotatable bonds is 17.